The number of benzene rings is 2. The second-order valence-corrected chi connectivity index (χ2v) is 11.1. The number of hydrogen-bond donors (Lipinski definition) is 4. The van der Waals surface area contributed by atoms with Crippen LogP contribution in [-0.2, 0) is 11.3 Å². The third kappa shape index (κ3) is 5.40. The zero-order valence-electron chi connectivity index (χ0n) is 23.1. The van der Waals surface area contributed by atoms with E-state index in [0.29, 0.717) is 53.3 Å². The third-order valence-electron chi connectivity index (χ3n) is 7.93. The van der Waals surface area contributed by atoms with Crippen LogP contribution in [0.1, 0.15) is 18.4 Å². The summed E-state index contributed by atoms with van der Waals surface area (Å²) in [6.45, 7) is 5.33. The van der Waals surface area contributed by atoms with Gasteiger partial charge in [-0.1, -0.05) is 17.7 Å². The summed E-state index contributed by atoms with van der Waals surface area (Å²) < 4.78 is 11.8. The Labute approximate surface area is 247 Å². The van der Waals surface area contributed by atoms with Gasteiger partial charge in [0.05, 0.1) is 35.5 Å². The Morgan fingerprint density at radius 3 is 2.74 bits per heavy atom. The van der Waals surface area contributed by atoms with Crippen LogP contribution in [-0.4, -0.2) is 65.4 Å². The summed E-state index contributed by atoms with van der Waals surface area (Å²) >= 11 is 6.44. The van der Waals surface area contributed by atoms with Crippen LogP contribution in [0.15, 0.2) is 59.5 Å². The molecule has 4 N–H and O–H groups in total. The number of morpholine rings is 1. The number of piperidine rings is 1. The lowest BCUT2D eigenvalue weighted by Crippen LogP contribution is -2.36. The van der Waals surface area contributed by atoms with Crippen molar-refractivity contribution >= 4 is 44.9 Å². The molecule has 0 unspecified atom stereocenters. The SMILES string of the molecule is O=c1[nH]c2ccc(Cl)cc2c(NCc2cccnc2OC2CCNCC2)c1-c1nc2cc(N3CCOCC3)ccc2[nH]1. The number of rotatable bonds is 7. The molecule has 11 heteroatoms. The maximum absolute atomic E-state index is 13.6. The van der Waals surface area contributed by atoms with E-state index in [9.17, 15) is 4.79 Å². The van der Waals surface area contributed by atoms with Crippen LogP contribution in [0.3, 0.4) is 0 Å². The summed E-state index contributed by atoms with van der Waals surface area (Å²) in [5, 5.41) is 8.26. The van der Waals surface area contributed by atoms with E-state index in [-0.39, 0.29) is 11.7 Å². The first kappa shape index (κ1) is 26.8. The zero-order valence-corrected chi connectivity index (χ0v) is 23.8. The number of fused-ring (bicyclic) bond motifs is 2. The van der Waals surface area contributed by atoms with E-state index >= 15 is 0 Å². The summed E-state index contributed by atoms with van der Waals surface area (Å²) in [6, 6.07) is 15.5. The van der Waals surface area contributed by atoms with Crippen molar-refractivity contribution in [2.75, 3.05) is 49.6 Å². The molecule has 0 amide bonds. The summed E-state index contributed by atoms with van der Waals surface area (Å²) in [5.41, 5.74) is 5.10. The maximum atomic E-state index is 13.6. The van der Waals surface area contributed by atoms with Crippen molar-refractivity contribution in [3.63, 3.8) is 0 Å². The lowest BCUT2D eigenvalue weighted by atomic mass is 10.1. The summed E-state index contributed by atoms with van der Waals surface area (Å²) in [7, 11) is 0. The smallest absolute Gasteiger partial charge is 0.261 e. The molecule has 5 aromatic rings. The third-order valence-corrected chi connectivity index (χ3v) is 8.16. The monoisotopic (exact) mass is 585 g/mol. The first-order valence-electron chi connectivity index (χ1n) is 14.4. The molecular weight excluding hydrogens is 554 g/mol. The normalized spacial score (nSPS) is 16.3. The molecule has 0 saturated carbocycles. The Balaban J connectivity index is 1.27. The van der Waals surface area contributed by atoms with Gasteiger partial charge in [-0.2, -0.15) is 0 Å². The maximum Gasteiger partial charge on any atom is 0.261 e. The van der Waals surface area contributed by atoms with Crippen LogP contribution < -0.4 is 25.8 Å². The fourth-order valence-corrected chi connectivity index (χ4v) is 5.90. The molecule has 2 aliphatic rings. The largest absolute Gasteiger partial charge is 0.474 e. The average Bonchev–Trinajstić information content (AvgIpc) is 3.44. The van der Waals surface area contributed by atoms with E-state index < -0.39 is 0 Å². The number of pyridine rings is 2. The lowest BCUT2D eigenvalue weighted by molar-refractivity contribution is 0.122. The summed E-state index contributed by atoms with van der Waals surface area (Å²) in [4.78, 5) is 31.7. The van der Waals surface area contributed by atoms with Gasteiger partial charge in [0.1, 0.15) is 17.5 Å². The van der Waals surface area contributed by atoms with Gasteiger partial charge in [-0.05, 0) is 68.4 Å². The standard InChI is InChI=1S/C31H32ClN7O3/c32-20-3-5-24-23(16-20)28(35-18-19-2-1-9-34-31(19)42-22-7-10-33-11-8-22)27(30(40)38-24)29-36-25-6-4-21(17-26(25)37-29)39-12-14-41-15-13-39/h1-6,9,16-17,22,33H,7-8,10-15,18H2,(H,36,37)(H2,35,38,40). The number of halogens is 1. The molecule has 0 spiro atoms. The highest BCUT2D eigenvalue weighted by Crippen LogP contribution is 2.34. The van der Waals surface area contributed by atoms with E-state index in [1.807, 2.05) is 30.3 Å². The highest BCUT2D eigenvalue weighted by molar-refractivity contribution is 6.31. The van der Waals surface area contributed by atoms with Gasteiger partial charge in [-0.15, -0.1) is 0 Å². The summed E-state index contributed by atoms with van der Waals surface area (Å²) in [5.74, 6) is 1.08. The number of ether oxygens (including phenoxy) is 2. The second-order valence-electron chi connectivity index (χ2n) is 10.7. The number of hydrogen-bond acceptors (Lipinski definition) is 8. The van der Waals surface area contributed by atoms with Gasteiger partial charge >= 0.3 is 0 Å². The Morgan fingerprint density at radius 2 is 1.88 bits per heavy atom. The molecule has 2 fully saturated rings. The topological polar surface area (TPSA) is 120 Å². The number of H-pyrrole nitrogens is 2. The van der Waals surface area contributed by atoms with E-state index in [1.54, 1.807) is 12.3 Å². The zero-order chi connectivity index (χ0) is 28.5. The predicted octanol–water partition coefficient (Wildman–Crippen LogP) is 4.70. The molecular formula is C31H32ClN7O3. The van der Waals surface area contributed by atoms with Gasteiger partial charge < -0.3 is 35.0 Å². The van der Waals surface area contributed by atoms with Gasteiger partial charge in [0, 0.05) is 47.5 Å². The molecule has 2 aliphatic heterocycles. The molecule has 0 aliphatic carbocycles. The summed E-state index contributed by atoms with van der Waals surface area (Å²) in [6.07, 6.45) is 3.73. The van der Waals surface area contributed by atoms with Gasteiger partial charge in [-0.3, -0.25) is 4.79 Å². The molecule has 0 atom stereocenters. The number of nitrogens with zero attached hydrogens (tertiary/aromatic N) is 3. The van der Waals surface area contributed by atoms with Crippen molar-refractivity contribution < 1.29 is 9.47 Å². The molecule has 42 heavy (non-hydrogen) atoms. The molecule has 2 aromatic carbocycles. The Bertz CT molecular complexity index is 1790. The van der Waals surface area contributed by atoms with Crippen LogP contribution in [0.2, 0.25) is 5.02 Å². The van der Waals surface area contributed by atoms with Crippen LogP contribution in [0.5, 0.6) is 5.88 Å². The second kappa shape index (κ2) is 11.6. The average molecular weight is 586 g/mol. The van der Waals surface area contributed by atoms with Gasteiger partial charge in [0.25, 0.3) is 5.56 Å². The van der Waals surface area contributed by atoms with Crippen LogP contribution in [0, 0.1) is 0 Å². The first-order chi connectivity index (χ1) is 20.6. The molecule has 7 rings (SSSR count). The molecule has 10 nitrogen and oxygen atoms in total. The number of aromatic nitrogens is 4. The number of imidazole rings is 1. The lowest BCUT2D eigenvalue weighted by Gasteiger charge is -2.28. The van der Waals surface area contributed by atoms with Crippen molar-refractivity contribution in [2.24, 2.45) is 0 Å². The van der Waals surface area contributed by atoms with Gasteiger partial charge in [-0.25, -0.2) is 9.97 Å². The number of anilines is 2. The van der Waals surface area contributed by atoms with Crippen LogP contribution >= 0.6 is 11.6 Å². The van der Waals surface area contributed by atoms with Crippen molar-refractivity contribution in [2.45, 2.75) is 25.5 Å². The molecule has 3 aromatic heterocycles. The fourth-order valence-electron chi connectivity index (χ4n) is 5.73. The molecule has 2 saturated heterocycles. The van der Waals surface area contributed by atoms with Crippen molar-refractivity contribution in [3.8, 4) is 17.3 Å². The van der Waals surface area contributed by atoms with E-state index in [0.717, 1.165) is 66.7 Å². The quantitative estimate of drug-likeness (QED) is 0.217. The van der Waals surface area contributed by atoms with E-state index in [2.05, 4.69) is 42.6 Å². The first-order valence-corrected chi connectivity index (χ1v) is 14.7. The van der Waals surface area contributed by atoms with E-state index in [4.69, 9.17) is 26.1 Å². The van der Waals surface area contributed by atoms with Crippen molar-refractivity contribution in [3.05, 3.63) is 75.7 Å². The van der Waals surface area contributed by atoms with E-state index in [1.165, 1.54) is 0 Å². The fraction of sp³-hybridized carbons (Fsp3) is 0.323. The Kier molecular flexibility index (Phi) is 7.41. The minimum atomic E-state index is -0.253. The van der Waals surface area contributed by atoms with Gasteiger partial charge in [0.15, 0.2) is 0 Å². The van der Waals surface area contributed by atoms with Crippen LogP contribution in [0.4, 0.5) is 11.4 Å². The highest BCUT2D eigenvalue weighted by atomic mass is 35.5. The predicted molar refractivity (Wildman–Crippen MR) is 166 cm³/mol. The minimum absolute atomic E-state index is 0.118. The van der Waals surface area contributed by atoms with Gasteiger partial charge in [0.2, 0.25) is 5.88 Å². The molecule has 5 heterocycles. The number of nitrogens with one attached hydrogen (secondary N) is 4. The molecule has 0 radical (unpaired) electrons. The Morgan fingerprint density at radius 1 is 1.05 bits per heavy atom. The van der Waals surface area contributed by atoms with Crippen LogP contribution in [0.25, 0.3) is 33.3 Å². The molecule has 0 bridgehead atoms. The highest BCUT2D eigenvalue weighted by Gasteiger charge is 2.21. The minimum Gasteiger partial charge on any atom is -0.474 e. The number of aromatic amines is 2. The molecule has 216 valence electrons. The van der Waals surface area contributed by atoms with Crippen molar-refractivity contribution in [1.29, 1.82) is 0 Å². The van der Waals surface area contributed by atoms with Crippen molar-refractivity contribution in [1.82, 2.24) is 25.3 Å². The Hall–Kier alpha value is -4.12.